The fourth-order valence-electron chi connectivity index (χ4n) is 0.453. The van der Waals surface area contributed by atoms with Crippen molar-refractivity contribution < 1.29 is 13.2 Å². The zero-order valence-corrected chi connectivity index (χ0v) is 6.15. The van der Waals surface area contributed by atoms with Gasteiger partial charge in [-0.2, -0.15) is 18.3 Å². The summed E-state index contributed by atoms with van der Waals surface area (Å²) in [5.41, 5.74) is -0.899. The minimum Gasteiger partial charge on any atom is -0.204 e. The van der Waals surface area contributed by atoms with Gasteiger partial charge in [0.1, 0.15) is 0 Å². The molecule has 0 aromatic carbocycles. The van der Waals surface area contributed by atoms with Crippen LogP contribution in [0.3, 0.4) is 0 Å². The lowest BCUT2D eigenvalue weighted by atomic mass is 10.4. The van der Waals surface area contributed by atoms with E-state index in [2.05, 4.69) is 21.2 Å². The highest BCUT2D eigenvalue weighted by Gasteiger charge is 2.33. The molecule has 0 fully saturated rings. The van der Waals surface area contributed by atoms with E-state index in [-0.39, 0.29) is 0 Å². The van der Waals surface area contributed by atoms with Gasteiger partial charge in [-0.25, -0.2) is 3.71 Å². The van der Waals surface area contributed by atoms with E-state index in [4.69, 9.17) is 0 Å². The van der Waals surface area contributed by atoms with E-state index < -0.39 is 11.9 Å². The molecule has 0 unspecified atom stereocenters. The van der Waals surface area contributed by atoms with Crippen molar-refractivity contribution in [3.05, 3.63) is 18.0 Å². The van der Waals surface area contributed by atoms with E-state index in [0.29, 0.717) is 0 Å². The van der Waals surface area contributed by atoms with E-state index in [1.807, 2.05) is 0 Å². The molecule has 0 aliphatic carbocycles. The molecule has 0 radical (unpaired) electrons. The summed E-state index contributed by atoms with van der Waals surface area (Å²) in [6.45, 7) is 0. The van der Waals surface area contributed by atoms with Gasteiger partial charge in [-0.1, -0.05) is 0 Å². The van der Waals surface area contributed by atoms with Crippen LogP contribution in [-0.4, -0.2) is 8.81 Å². The first-order valence-corrected chi connectivity index (χ1v) is 3.00. The van der Waals surface area contributed by atoms with Crippen LogP contribution in [0.25, 0.3) is 0 Å². The lowest BCUT2D eigenvalue weighted by Gasteiger charge is -1.98. The van der Waals surface area contributed by atoms with Crippen molar-refractivity contribution in [2.45, 2.75) is 6.18 Å². The number of aromatic nitrogens is 2. The number of alkyl halides is 3. The van der Waals surface area contributed by atoms with Crippen LogP contribution in [0.1, 0.15) is 5.69 Å². The number of nitrogens with zero attached hydrogens (tertiary/aromatic N) is 2. The largest absolute Gasteiger partial charge is 0.435 e. The van der Waals surface area contributed by atoms with Crippen molar-refractivity contribution in [3.8, 4) is 0 Å². The van der Waals surface area contributed by atoms with Crippen molar-refractivity contribution in [2.75, 3.05) is 0 Å². The van der Waals surface area contributed by atoms with Crippen LogP contribution in [0.4, 0.5) is 13.2 Å². The Hall–Kier alpha value is -0.520. The van der Waals surface area contributed by atoms with Crippen molar-refractivity contribution in [1.82, 2.24) is 8.81 Å². The van der Waals surface area contributed by atoms with Gasteiger partial charge in [0.15, 0.2) is 5.69 Å². The summed E-state index contributed by atoms with van der Waals surface area (Å²) < 4.78 is 36.0. The average Bonchev–Trinajstić information content (AvgIpc) is 2.11. The first kappa shape index (κ1) is 7.59. The van der Waals surface area contributed by atoms with Crippen LogP contribution in [0.15, 0.2) is 12.3 Å². The third-order valence-corrected chi connectivity index (χ3v) is 1.24. The van der Waals surface area contributed by atoms with Gasteiger partial charge in [0.25, 0.3) is 0 Å². The molecule has 0 atom stereocenters. The zero-order chi connectivity index (χ0) is 7.78. The zero-order valence-electron chi connectivity index (χ0n) is 4.56. The number of hydrogen-bond acceptors (Lipinski definition) is 1. The molecule has 56 valence electrons. The standard InChI is InChI=1S/C4H2BrF3N2/c5-10-2-1-3(9-10)4(6,7)8/h1-2H. The third kappa shape index (κ3) is 1.50. The molecule has 1 rings (SSSR count). The van der Waals surface area contributed by atoms with Crippen molar-refractivity contribution in [1.29, 1.82) is 0 Å². The highest BCUT2D eigenvalue weighted by atomic mass is 79.9. The molecular weight excluding hydrogens is 213 g/mol. The van der Waals surface area contributed by atoms with Crippen LogP contribution >= 0.6 is 16.1 Å². The van der Waals surface area contributed by atoms with Crippen molar-refractivity contribution >= 4 is 16.1 Å². The third-order valence-electron chi connectivity index (χ3n) is 0.849. The Morgan fingerprint density at radius 3 is 2.30 bits per heavy atom. The molecule has 0 aliphatic rings. The molecule has 0 bridgehead atoms. The second-order valence-corrected chi connectivity index (χ2v) is 2.31. The molecule has 2 nitrogen and oxygen atoms in total. The second kappa shape index (κ2) is 2.26. The van der Waals surface area contributed by atoms with E-state index >= 15 is 0 Å². The lowest BCUT2D eigenvalue weighted by Crippen LogP contribution is -2.05. The van der Waals surface area contributed by atoms with Crippen molar-refractivity contribution in [3.63, 3.8) is 0 Å². The summed E-state index contributed by atoms with van der Waals surface area (Å²) in [7, 11) is 0. The van der Waals surface area contributed by atoms with E-state index in [9.17, 15) is 13.2 Å². The first-order valence-electron chi connectivity index (χ1n) is 2.29. The fraction of sp³-hybridized carbons (Fsp3) is 0.250. The van der Waals surface area contributed by atoms with Gasteiger partial charge in [0.2, 0.25) is 0 Å². The van der Waals surface area contributed by atoms with E-state index in [1.54, 1.807) is 0 Å². The summed E-state index contributed by atoms with van der Waals surface area (Å²) in [6.07, 6.45) is -3.18. The minimum atomic E-state index is -4.35. The second-order valence-electron chi connectivity index (χ2n) is 1.59. The summed E-state index contributed by atoms with van der Waals surface area (Å²) in [5.74, 6) is 0. The molecule has 6 heteroatoms. The van der Waals surface area contributed by atoms with Gasteiger partial charge in [-0.05, 0) is 6.07 Å². The van der Waals surface area contributed by atoms with Crippen LogP contribution in [0.2, 0.25) is 0 Å². The fourth-order valence-corrected chi connectivity index (χ4v) is 0.742. The Bertz CT molecular complexity index is 229. The number of halogens is 4. The van der Waals surface area contributed by atoms with Gasteiger partial charge in [0.05, 0.1) is 16.1 Å². The van der Waals surface area contributed by atoms with Crippen LogP contribution in [0.5, 0.6) is 0 Å². The average molecular weight is 215 g/mol. The molecule has 0 aliphatic heterocycles. The SMILES string of the molecule is FC(F)(F)c1ccn(Br)n1. The highest BCUT2D eigenvalue weighted by molar-refractivity contribution is 9.08. The minimum absolute atomic E-state index is 0.884. The predicted octanol–water partition coefficient (Wildman–Crippen LogP) is 2.06. The summed E-state index contributed by atoms with van der Waals surface area (Å²) in [6, 6.07) is 0.884. The molecule has 0 amide bonds. The molecular formula is C4H2BrF3N2. The molecule has 0 spiro atoms. The number of rotatable bonds is 0. The quantitative estimate of drug-likeness (QED) is 0.647. The smallest absolute Gasteiger partial charge is 0.204 e. The maximum Gasteiger partial charge on any atom is 0.435 e. The Kier molecular flexibility index (Phi) is 1.72. The summed E-state index contributed by atoms with van der Waals surface area (Å²) >= 11 is 2.73. The van der Waals surface area contributed by atoms with E-state index in [1.165, 1.54) is 6.20 Å². The normalized spacial score (nSPS) is 12.0. The van der Waals surface area contributed by atoms with Crippen LogP contribution < -0.4 is 0 Å². The Morgan fingerprint density at radius 1 is 1.50 bits per heavy atom. The van der Waals surface area contributed by atoms with Crippen LogP contribution in [-0.2, 0) is 6.18 Å². The van der Waals surface area contributed by atoms with Gasteiger partial charge in [-0.3, -0.25) is 0 Å². The number of hydrogen-bond donors (Lipinski definition) is 0. The molecule has 0 saturated carbocycles. The van der Waals surface area contributed by atoms with Gasteiger partial charge < -0.3 is 0 Å². The maximum absolute atomic E-state index is 11.7. The van der Waals surface area contributed by atoms with Gasteiger partial charge in [0, 0.05) is 6.20 Å². The molecule has 0 N–H and O–H groups in total. The topological polar surface area (TPSA) is 17.8 Å². The Labute approximate surface area is 63.0 Å². The predicted molar refractivity (Wildman–Crippen MR) is 31.6 cm³/mol. The molecule has 1 heterocycles. The Balaban J connectivity index is 2.96. The first-order chi connectivity index (χ1) is 4.50. The molecule has 0 saturated heterocycles. The van der Waals surface area contributed by atoms with Gasteiger partial charge in [-0.15, -0.1) is 0 Å². The molecule has 10 heavy (non-hydrogen) atoms. The Morgan fingerprint density at radius 2 is 2.10 bits per heavy atom. The maximum atomic E-state index is 11.7. The monoisotopic (exact) mass is 214 g/mol. The van der Waals surface area contributed by atoms with E-state index in [0.717, 1.165) is 9.77 Å². The van der Waals surface area contributed by atoms with Crippen LogP contribution in [0, 0.1) is 0 Å². The molecule has 1 aromatic rings. The summed E-state index contributed by atoms with van der Waals surface area (Å²) in [4.78, 5) is 0. The molecule has 1 aromatic heterocycles. The highest BCUT2D eigenvalue weighted by Crippen LogP contribution is 2.27. The van der Waals surface area contributed by atoms with Crippen molar-refractivity contribution in [2.24, 2.45) is 0 Å². The van der Waals surface area contributed by atoms with Gasteiger partial charge >= 0.3 is 6.18 Å². The summed E-state index contributed by atoms with van der Waals surface area (Å²) in [5, 5.41) is 3.09. The lowest BCUT2D eigenvalue weighted by molar-refractivity contribution is -0.141.